The second-order valence-corrected chi connectivity index (χ2v) is 16.1. The first kappa shape index (κ1) is 53.1. The van der Waals surface area contributed by atoms with Crippen LogP contribution in [-0.2, 0) is 14.3 Å². The number of hydrogen-bond donors (Lipinski definition) is 3. The van der Waals surface area contributed by atoms with Gasteiger partial charge in [0.2, 0.25) is 5.91 Å². The molecule has 2 atom stereocenters. The Morgan fingerprint density at radius 1 is 0.509 bits per heavy atom. The quantitative estimate of drug-likeness (QED) is 0.0326. The fraction of sp³-hybridized carbons (Fsp3) is 0.837. The van der Waals surface area contributed by atoms with E-state index in [9.17, 15) is 19.8 Å². The number of nitrogens with one attached hydrogen (secondary N) is 1. The zero-order chi connectivity index (χ0) is 40.1. The predicted molar refractivity (Wildman–Crippen MR) is 236 cm³/mol. The van der Waals surface area contributed by atoms with Crippen molar-refractivity contribution in [3.63, 3.8) is 0 Å². The maximum Gasteiger partial charge on any atom is 0.305 e. The fourth-order valence-electron chi connectivity index (χ4n) is 6.95. The van der Waals surface area contributed by atoms with E-state index < -0.39 is 12.1 Å². The van der Waals surface area contributed by atoms with Gasteiger partial charge in [-0.15, -0.1) is 0 Å². The summed E-state index contributed by atoms with van der Waals surface area (Å²) in [4.78, 5) is 24.4. The monoisotopic (exact) mass is 774 g/mol. The number of esters is 1. The Hall–Kier alpha value is -1.92. The molecule has 1 amide bonds. The van der Waals surface area contributed by atoms with Crippen LogP contribution in [0.3, 0.4) is 0 Å². The lowest BCUT2D eigenvalue weighted by atomic mass is 10.0. The van der Waals surface area contributed by atoms with Gasteiger partial charge in [0.25, 0.3) is 0 Å². The van der Waals surface area contributed by atoms with Crippen LogP contribution >= 0.6 is 0 Å². The Morgan fingerprint density at radius 2 is 0.909 bits per heavy atom. The van der Waals surface area contributed by atoms with Crippen LogP contribution in [0, 0.1) is 0 Å². The highest BCUT2D eigenvalue weighted by Gasteiger charge is 2.18. The summed E-state index contributed by atoms with van der Waals surface area (Å²) in [6.45, 7) is 4.80. The van der Waals surface area contributed by atoms with E-state index >= 15 is 0 Å². The van der Waals surface area contributed by atoms with E-state index in [1.54, 1.807) is 6.08 Å². The zero-order valence-corrected chi connectivity index (χ0v) is 36.4. The van der Waals surface area contributed by atoms with Gasteiger partial charge in [-0.25, -0.2) is 0 Å². The molecule has 0 heterocycles. The van der Waals surface area contributed by atoms with Crippen molar-refractivity contribution in [2.24, 2.45) is 0 Å². The molecule has 0 spiro atoms. The highest BCUT2D eigenvalue weighted by atomic mass is 16.5. The highest BCUT2D eigenvalue weighted by molar-refractivity contribution is 5.76. The average Bonchev–Trinajstić information content (AvgIpc) is 3.18. The summed E-state index contributed by atoms with van der Waals surface area (Å²) < 4.78 is 5.45. The molecule has 0 aliphatic carbocycles. The maximum atomic E-state index is 12.3. The molecule has 322 valence electrons. The van der Waals surface area contributed by atoms with E-state index in [-0.39, 0.29) is 18.5 Å². The van der Waals surface area contributed by atoms with Crippen LogP contribution in [0.5, 0.6) is 0 Å². The summed E-state index contributed by atoms with van der Waals surface area (Å²) in [7, 11) is 0. The van der Waals surface area contributed by atoms with Gasteiger partial charge in [-0.05, 0) is 64.2 Å². The van der Waals surface area contributed by atoms with E-state index in [1.165, 1.54) is 148 Å². The van der Waals surface area contributed by atoms with Crippen molar-refractivity contribution in [3.05, 3.63) is 36.5 Å². The molecule has 0 radical (unpaired) electrons. The number of allylic oxidation sites excluding steroid dienone is 5. The lowest BCUT2D eigenvalue weighted by Crippen LogP contribution is -2.45. The number of rotatable bonds is 43. The minimum absolute atomic E-state index is 0.0241. The number of carbonyl (C=O) groups excluding carboxylic acids is 2. The molecule has 6 heteroatoms. The molecule has 0 aromatic carbocycles. The third kappa shape index (κ3) is 41.5. The number of unbranched alkanes of at least 4 members (excludes halogenated alkanes) is 28. The highest BCUT2D eigenvalue weighted by Crippen LogP contribution is 2.14. The lowest BCUT2D eigenvalue weighted by molar-refractivity contribution is -0.143. The van der Waals surface area contributed by atoms with E-state index in [4.69, 9.17) is 4.74 Å². The molecule has 0 rings (SSSR count). The number of hydrogen-bond acceptors (Lipinski definition) is 5. The van der Waals surface area contributed by atoms with Crippen molar-refractivity contribution in [1.29, 1.82) is 0 Å². The summed E-state index contributed by atoms with van der Waals surface area (Å²) in [6.07, 6.45) is 52.8. The number of ether oxygens (including phenoxy) is 1. The molecule has 55 heavy (non-hydrogen) atoms. The van der Waals surface area contributed by atoms with Gasteiger partial charge in [0.1, 0.15) is 0 Å². The minimum atomic E-state index is -0.855. The van der Waals surface area contributed by atoms with Crippen LogP contribution in [0.2, 0.25) is 0 Å². The standard InChI is InChI=1S/C49H91NO5/c1-3-5-7-9-11-13-14-15-16-17-18-19-20-23-27-31-35-39-43-49(54)55-44-40-36-32-28-24-21-22-26-30-34-38-42-48(53)50-46(45-51)47(52)41-37-33-29-25-12-10-8-6-4-2/h13-14,16-17,37,41,46-47,51-52H,3-12,15,18-36,38-40,42-45H2,1-2H3,(H,50,53)/b14-13-,17-16-,41-37+. The van der Waals surface area contributed by atoms with Crippen molar-refractivity contribution in [2.45, 2.75) is 251 Å². The zero-order valence-electron chi connectivity index (χ0n) is 36.4. The Morgan fingerprint density at radius 3 is 1.40 bits per heavy atom. The SMILES string of the molecule is CCCCCC/C=C\C/C=C\CCCCCCCCCC(=O)OCCCCCCCCCCCCCC(=O)NC(CO)C(O)/C=C/CCCCCCCCC. The summed E-state index contributed by atoms with van der Waals surface area (Å²) >= 11 is 0. The Labute approximate surface area is 341 Å². The second kappa shape index (κ2) is 44.8. The van der Waals surface area contributed by atoms with E-state index in [0.29, 0.717) is 19.4 Å². The van der Waals surface area contributed by atoms with Gasteiger partial charge in [0, 0.05) is 12.8 Å². The second-order valence-electron chi connectivity index (χ2n) is 16.1. The Kier molecular flexibility index (Phi) is 43.2. The van der Waals surface area contributed by atoms with E-state index in [0.717, 1.165) is 64.2 Å². The van der Waals surface area contributed by atoms with Crippen molar-refractivity contribution in [2.75, 3.05) is 13.2 Å². The van der Waals surface area contributed by atoms with Gasteiger partial charge in [0.15, 0.2) is 0 Å². The molecule has 2 unspecified atom stereocenters. The number of aliphatic hydroxyl groups excluding tert-OH is 2. The third-order valence-corrected chi connectivity index (χ3v) is 10.7. The normalized spacial score (nSPS) is 13.0. The van der Waals surface area contributed by atoms with Gasteiger partial charge in [0.05, 0.1) is 25.4 Å². The average molecular weight is 774 g/mol. The molecular formula is C49H91NO5. The van der Waals surface area contributed by atoms with Crippen LogP contribution in [0.1, 0.15) is 239 Å². The first-order chi connectivity index (χ1) is 27.0. The molecule has 0 saturated carbocycles. The van der Waals surface area contributed by atoms with E-state index in [1.807, 2.05) is 6.08 Å². The van der Waals surface area contributed by atoms with Crippen molar-refractivity contribution < 1.29 is 24.5 Å². The summed E-state index contributed by atoms with van der Waals surface area (Å²) in [5, 5.41) is 22.9. The van der Waals surface area contributed by atoms with Crippen molar-refractivity contribution in [1.82, 2.24) is 5.32 Å². The van der Waals surface area contributed by atoms with Crippen molar-refractivity contribution in [3.8, 4) is 0 Å². The summed E-state index contributed by atoms with van der Waals surface area (Å²) in [5.74, 6) is -0.116. The van der Waals surface area contributed by atoms with Gasteiger partial charge >= 0.3 is 5.97 Å². The topological polar surface area (TPSA) is 95.9 Å². The van der Waals surface area contributed by atoms with Crippen LogP contribution < -0.4 is 5.32 Å². The molecule has 0 aliphatic rings. The van der Waals surface area contributed by atoms with Crippen LogP contribution in [0.25, 0.3) is 0 Å². The summed E-state index contributed by atoms with van der Waals surface area (Å²) in [5.41, 5.74) is 0. The fourth-order valence-corrected chi connectivity index (χ4v) is 6.95. The van der Waals surface area contributed by atoms with E-state index in [2.05, 4.69) is 43.5 Å². The maximum absolute atomic E-state index is 12.3. The van der Waals surface area contributed by atoms with Gasteiger partial charge < -0.3 is 20.3 Å². The molecule has 0 saturated heterocycles. The molecular weight excluding hydrogens is 683 g/mol. The van der Waals surface area contributed by atoms with Gasteiger partial charge in [-0.1, -0.05) is 198 Å². The summed E-state index contributed by atoms with van der Waals surface area (Å²) in [6, 6.07) is -0.640. The molecule has 0 aliphatic heterocycles. The lowest BCUT2D eigenvalue weighted by Gasteiger charge is -2.20. The van der Waals surface area contributed by atoms with Crippen LogP contribution in [0.4, 0.5) is 0 Å². The Bertz CT molecular complexity index is 900. The third-order valence-electron chi connectivity index (χ3n) is 10.7. The molecule has 3 N–H and O–H groups in total. The smallest absolute Gasteiger partial charge is 0.305 e. The molecule has 0 aromatic rings. The van der Waals surface area contributed by atoms with Crippen LogP contribution in [0.15, 0.2) is 36.5 Å². The first-order valence-electron chi connectivity index (χ1n) is 23.8. The molecule has 0 aromatic heterocycles. The number of aliphatic hydroxyl groups is 2. The first-order valence-corrected chi connectivity index (χ1v) is 23.8. The molecule has 0 bridgehead atoms. The van der Waals surface area contributed by atoms with Gasteiger partial charge in [-0.3, -0.25) is 9.59 Å². The predicted octanol–water partition coefficient (Wildman–Crippen LogP) is 13.7. The molecule has 0 fully saturated rings. The number of carbonyl (C=O) groups is 2. The van der Waals surface area contributed by atoms with Crippen LogP contribution in [-0.4, -0.2) is 47.4 Å². The van der Waals surface area contributed by atoms with Crippen molar-refractivity contribution >= 4 is 11.9 Å². The Balaban J connectivity index is 3.48. The minimum Gasteiger partial charge on any atom is -0.466 e. The number of amides is 1. The molecule has 6 nitrogen and oxygen atoms in total. The largest absolute Gasteiger partial charge is 0.466 e. The van der Waals surface area contributed by atoms with Gasteiger partial charge in [-0.2, -0.15) is 0 Å².